The van der Waals surface area contributed by atoms with Crippen LogP contribution in [0.2, 0.25) is 5.02 Å². The van der Waals surface area contributed by atoms with Crippen molar-refractivity contribution in [1.82, 2.24) is 16.0 Å². The lowest BCUT2D eigenvalue weighted by Crippen LogP contribution is -2.43. The molecule has 6 heteroatoms. The number of nitrogens with zero attached hydrogens (tertiary/aromatic N) is 1. The third-order valence-corrected chi connectivity index (χ3v) is 2.68. The van der Waals surface area contributed by atoms with Crippen molar-refractivity contribution in [3.8, 4) is 0 Å². The number of benzene rings is 1. The molecule has 0 radical (unpaired) electrons. The predicted molar refractivity (Wildman–Crippen MR) is 83.0 cm³/mol. The van der Waals surface area contributed by atoms with Gasteiger partial charge in [0.05, 0.1) is 13.1 Å². The lowest BCUT2D eigenvalue weighted by atomic mass is 10.2. The first kappa shape index (κ1) is 16.3. The fourth-order valence-electron chi connectivity index (χ4n) is 1.57. The summed E-state index contributed by atoms with van der Waals surface area (Å²) in [5, 5.41) is 9.49. The van der Waals surface area contributed by atoms with Crippen LogP contribution in [-0.4, -0.2) is 31.5 Å². The molecule has 20 heavy (non-hydrogen) atoms. The number of hydrogen-bond donors (Lipinski definition) is 3. The zero-order chi connectivity index (χ0) is 14.8. The SMILES string of the molecule is CCNC(=O)CNC(=NCc1cccc(Cl)c1)NCC. The number of aliphatic imine (C=N–C) groups is 1. The maximum atomic E-state index is 11.4. The molecule has 0 aliphatic heterocycles. The van der Waals surface area contributed by atoms with E-state index in [1.807, 2.05) is 38.1 Å². The van der Waals surface area contributed by atoms with Crippen LogP contribution in [0.15, 0.2) is 29.3 Å². The summed E-state index contributed by atoms with van der Waals surface area (Å²) in [5.41, 5.74) is 1.02. The molecule has 0 saturated heterocycles. The van der Waals surface area contributed by atoms with Gasteiger partial charge in [0.25, 0.3) is 0 Å². The summed E-state index contributed by atoms with van der Waals surface area (Å²) in [5.74, 6) is 0.555. The van der Waals surface area contributed by atoms with Crippen molar-refractivity contribution in [2.24, 2.45) is 4.99 Å². The minimum atomic E-state index is -0.0548. The third kappa shape index (κ3) is 6.43. The van der Waals surface area contributed by atoms with Gasteiger partial charge in [-0.15, -0.1) is 0 Å². The number of halogens is 1. The van der Waals surface area contributed by atoms with Gasteiger partial charge >= 0.3 is 0 Å². The average Bonchev–Trinajstić information content (AvgIpc) is 2.42. The van der Waals surface area contributed by atoms with Crippen molar-refractivity contribution < 1.29 is 4.79 Å². The first-order chi connectivity index (χ1) is 9.65. The van der Waals surface area contributed by atoms with Crippen LogP contribution in [0, 0.1) is 0 Å². The Morgan fingerprint density at radius 3 is 2.60 bits per heavy atom. The molecule has 110 valence electrons. The summed E-state index contributed by atoms with van der Waals surface area (Å²) in [6.07, 6.45) is 0. The van der Waals surface area contributed by atoms with Crippen molar-refractivity contribution in [2.75, 3.05) is 19.6 Å². The maximum absolute atomic E-state index is 11.4. The lowest BCUT2D eigenvalue weighted by molar-refractivity contribution is -0.119. The van der Waals surface area contributed by atoms with Gasteiger partial charge in [-0.25, -0.2) is 4.99 Å². The Bertz CT molecular complexity index is 462. The van der Waals surface area contributed by atoms with E-state index in [2.05, 4.69) is 20.9 Å². The number of carbonyl (C=O) groups is 1. The highest BCUT2D eigenvalue weighted by atomic mass is 35.5. The third-order valence-electron chi connectivity index (χ3n) is 2.44. The van der Waals surface area contributed by atoms with Crippen LogP contribution in [0.3, 0.4) is 0 Å². The Kier molecular flexibility index (Phi) is 7.50. The molecule has 0 saturated carbocycles. The van der Waals surface area contributed by atoms with E-state index >= 15 is 0 Å². The Morgan fingerprint density at radius 1 is 1.20 bits per heavy atom. The summed E-state index contributed by atoms with van der Waals surface area (Å²) in [4.78, 5) is 15.8. The molecule has 3 N–H and O–H groups in total. The number of amides is 1. The summed E-state index contributed by atoms with van der Waals surface area (Å²) >= 11 is 5.93. The van der Waals surface area contributed by atoms with Crippen molar-refractivity contribution in [3.05, 3.63) is 34.9 Å². The number of rotatable bonds is 6. The van der Waals surface area contributed by atoms with E-state index in [-0.39, 0.29) is 12.5 Å². The molecule has 5 nitrogen and oxygen atoms in total. The van der Waals surface area contributed by atoms with Gasteiger partial charge in [-0.3, -0.25) is 4.79 Å². The minimum absolute atomic E-state index is 0.0548. The normalized spacial score (nSPS) is 11.1. The number of nitrogens with one attached hydrogen (secondary N) is 3. The molecule has 1 rings (SSSR count). The van der Waals surface area contributed by atoms with Crippen LogP contribution in [-0.2, 0) is 11.3 Å². The molecule has 0 fully saturated rings. The molecular weight excluding hydrogens is 276 g/mol. The van der Waals surface area contributed by atoms with Gasteiger partial charge in [-0.05, 0) is 31.5 Å². The Hall–Kier alpha value is -1.75. The monoisotopic (exact) mass is 296 g/mol. The van der Waals surface area contributed by atoms with E-state index in [0.29, 0.717) is 24.1 Å². The first-order valence-corrected chi connectivity index (χ1v) is 7.06. The second-order valence-electron chi connectivity index (χ2n) is 4.13. The molecule has 1 aromatic rings. The molecule has 1 aromatic carbocycles. The molecule has 0 spiro atoms. The van der Waals surface area contributed by atoms with Crippen LogP contribution in [0.4, 0.5) is 0 Å². The second-order valence-corrected chi connectivity index (χ2v) is 4.57. The van der Waals surface area contributed by atoms with Crippen molar-refractivity contribution in [1.29, 1.82) is 0 Å². The topological polar surface area (TPSA) is 65.5 Å². The van der Waals surface area contributed by atoms with E-state index in [1.54, 1.807) is 0 Å². The standard InChI is InChI=1S/C14H21ClN4O/c1-3-16-13(20)10-19-14(17-4-2)18-9-11-6-5-7-12(15)8-11/h5-8H,3-4,9-10H2,1-2H3,(H,16,20)(H2,17,18,19). The van der Waals surface area contributed by atoms with E-state index in [1.165, 1.54) is 0 Å². The van der Waals surface area contributed by atoms with E-state index in [9.17, 15) is 4.79 Å². The molecule has 0 unspecified atom stereocenters. The largest absolute Gasteiger partial charge is 0.357 e. The Morgan fingerprint density at radius 2 is 1.95 bits per heavy atom. The first-order valence-electron chi connectivity index (χ1n) is 6.69. The van der Waals surface area contributed by atoms with Gasteiger partial charge in [0, 0.05) is 18.1 Å². The molecule has 0 atom stereocenters. The molecular formula is C14H21ClN4O. The second kappa shape index (κ2) is 9.20. The molecule has 0 bridgehead atoms. The number of likely N-dealkylation sites (N-methyl/N-ethyl adjacent to an activating group) is 1. The minimum Gasteiger partial charge on any atom is -0.357 e. The predicted octanol–water partition coefficient (Wildman–Crippen LogP) is 1.53. The van der Waals surface area contributed by atoms with Gasteiger partial charge < -0.3 is 16.0 Å². The van der Waals surface area contributed by atoms with Gasteiger partial charge in [0.15, 0.2) is 5.96 Å². The Balaban J connectivity index is 2.56. The highest BCUT2D eigenvalue weighted by Crippen LogP contribution is 2.11. The smallest absolute Gasteiger partial charge is 0.239 e. The van der Waals surface area contributed by atoms with Gasteiger partial charge in [-0.1, -0.05) is 23.7 Å². The molecule has 0 heterocycles. The van der Waals surface area contributed by atoms with Gasteiger partial charge in [0.1, 0.15) is 0 Å². The zero-order valence-corrected chi connectivity index (χ0v) is 12.6. The van der Waals surface area contributed by atoms with Crippen LogP contribution >= 0.6 is 11.6 Å². The van der Waals surface area contributed by atoms with E-state index in [4.69, 9.17) is 11.6 Å². The van der Waals surface area contributed by atoms with Crippen LogP contribution < -0.4 is 16.0 Å². The van der Waals surface area contributed by atoms with Crippen LogP contribution in [0.1, 0.15) is 19.4 Å². The summed E-state index contributed by atoms with van der Waals surface area (Å²) in [6.45, 7) is 5.92. The van der Waals surface area contributed by atoms with Gasteiger partial charge in [-0.2, -0.15) is 0 Å². The molecule has 0 aromatic heterocycles. The fraction of sp³-hybridized carbons (Fsp3) is 0.429. The highest BCUT2D eigenvalue weighted by Gasteiger charge is 2.02. The summed E-state index contributed by atoms with van der Waals surface area (Å²) < 4.78 is 0. The van der Waals surface area contributed by atoms with Crippen molar-refractivity contribution in [3.63, 3.8) is 0 Å². The fourth-order valence-corrected chi connectivity index (χ4v) is 1.78. The number of guanidine groups is 1. The highest BCUT2D eigenvalue weighted by molar-refractivity contribution is 6.30. The van der Waals surface area contributed by atoms with Crippen LogP contribution in [0.5, 0.6) is 0 Å². The quantitative estimate of drug-likeness (QED) is 0.551. The lowest BCUT2D eigenvalue weighted by Gasteiger charge is -2.11. The zero-order valence-electron chi connectivity index (χ0n) is 11.9. The molecule has 1 amide bonds. The van der Waals surface area contributed by atoms with Crippen LogP contribution in [0.25, 0.3) is 0 Å². The van der Waals surface area contributed by atoms with Gasteiger partial charge in [0.2, 0.25) is 5.91 Å². The van der Waals surface area contributed by atoms with E-state index < -0.39 is 0 Å². The molecule has 0 aliphatic rings. The molecule has 0 aliphatic carbocycles. The van der Waals surface area contributed by atoms with Crippen molar-refractivity contribution >= 4 is 23.5 Å². The maximum Gasteiger partial charge on any atom is 0.239 e. The summed E-state index contributed by atoms with van der Waals surface area (Å²) in [7, 11) is 0. The van der Waals surface area contributed by atoms with Crippen molar-refractivity contribution in [2.45, 2.75) is 20.4 Å². The Labute approximate surface area is 124 Å². The number of hydrogen-bond acceptors (Lipinski definition) is 2. The summed E-state index contributed by atoms with van der Waals surface area (Å²) in [6, 6.07) is 7.55. The average molecular weight is 297 g/mol. The number of carbonyl (C=O) groups excluding carboxylic acids is 1. The van der Waals surface area contributed by atoms with E-state index in [0.717, 1.165) is 12.1 Å².